The molecular weight excluding hydrogens is 400 g/mol. The molecule has 0 aromatic heterocycles. The standard InChI is InChI=1S/C24H21ClN2O3/c1-30-21-5-3-2-4-20(21)27-22(28)16-6-12-19(13-7-16)26-23(29)24(14-15-24)17-8-10-18(25)11-9-17/h2-13H,14-15H2,1H3,(H,26,29)(H,27,28). The molecule has 30 heavy (non-hydrogen) atoms. The SMILES string of the molecule is COc1ccccc1NC(=O)c1ccc(NC(=O)C2(c3ccc(Cl)cc3)CC2)cc1. The summed E-state index contributed by atoms with van der Waals surface area (Å²) in [6.45, 7) is 0. The molecule has 6 heteroatoms. The van der Waals surface area contributed by atoms with Crippen LogP contribution in [0.25, 0.3) is 0 Å². The van der Waals surface area contributed by atoms with Gasteiger partial charge in [-0.15, -0.1) is 0 Å². The lowest BCUT2D eigenvalue weighted by Crippen LogP contribution is -2.27. The van der Waals surface area contributed by atoms with Gasteiger partial charge in [-0.2, -0.15) is 0 Å². The van der Waals surface area contributed by atoms with E-state index in [-0.39, 0.29) is 11.8 Å². The Hall–Kier alpha value is -3.31. The summed E-state index contributed by atoms with van der Waals surface area (Å²) < 4.78 is 5.26. The van der Waals surface area contributed by atoms with E-state index >= 15 is 0 Å². The van der Waals surface area contributed by atoms with Crippen LogP contribution in [0.1, 0.15) is 28.8 Å². The van der Waals surface area contributed by atoms with Gasteiger partial charge in [-0.3, -0.25) is 9.59 Å². The molecule has 4 rings (SSSR count). The summed E-state index contributed by atoms with van der Waals surface area (Å²) in [5.74, 6) is 0.292. The topological polar surface area (TPSA) is 67.4 Å². The molecule has 1 fully saturated rings. The fraction of sp³-hybridized carbons (Fsp3) is 0.167. The molecule has 2 amide bonds. The molecular formula is C24H21ClN2O3. The second kappa shape index (κ2) is 8.20. The van der Waals surface area contributed by atoms with E-state index < -0.39 is 5.41 Å². The number of hydrogen-bond acceptors (Lipinski definition) is 3. The molecule has 0 heterocycles. The van der Waals surface area contributed by atoms with Gasteiger partial charge >= 0.3 is 0 Å². The molecule has 0 aliphatic heterocycles. The maximum absolute atomic E-state index is 12.9. The quantitative estimate of drug-likeness (QED) is 0.570. The summed E-state index contributed by atoms with van der Waals surface area (Å²) in [4.78, 5) is 25.4. The van der Waals surface area contributed by atoms with Gasteiger partial charge in [-0.05, 0) is 66.9 Å². The van der Waals surface area contributed by atoms with Gasteiger partial charge < -0.3 is 15.4 Å². The van der Waals surface area contributed by atoms with Gasteiger partial charge in [0.25, 0.3) is 5.91 Å². The van der Waals surface area contributed by atoms with Crippen LogP contribution in [0.5, 0.6) is 5.75 Å². The minimum Gasteiger partial charge on any atom is -0.495 e. The predicted molar refractivity (Wildman–Crippen MR) is 118 cm³/mol. The summed E-state index contributed by atoms with van der Waals surface area (Å²) in [5, 5.41) is 6.45. The third-order valence-corrected chi connectivity index (χ3v) is 5.59. The van der Waals surface area contributed by atoms with Gasteiger partial charge in [0.1, 0.15) is 5.75 Å². The van der Waals surface area contributed by atoms with Crippen LogP contribution in [0.4, 0.5) is 11.4 Å². The van der Waals surface area contributed by atoms with Crippen molar-refractivity contribution in [3.8, 4) is 5.75 Å². The molecule has 0 radical (unpaired) electrons. The van der Waals surface area contributed by atoms with Crippen molar-refractivity contribution in [1.29, 1.82) is 0 Å². The first-order chi connectivity index (χ1) is 14.5. The Labute approximate surface area is 180 Å². The Morgan fingerprint density at radius 1 is 0.900 bits per heavy atom. The summed E-state index contributed by atoms with van der Waals surface area (Å²) in [5.41, 5.74) is 2.20. The molecule has 1 aliphatic rings. The number of benzene rings is 3. The summed E-state index contributed by atoms with van der Waals surface area (Å²) in [6.07, 6.45) is 1.61. The van der Waals surface area contributed by atoms with Crippen molar-refractivity contribution < 1.29 is 14.3 Å². The van der Waals surface area contributed by atoms with Gasteiger partial charge in [0, 0.05) is 16.3 Å². The molecule has 0 unspecified atom stereocenters. The minimum absolute atomic E-state index is 0.0453. The van der Waals surface area contributed by atoms with Crippen molar-refractivity contribution in [2.45, 2.75) is 18.3 Å². The fourth-order valence-corrected chi connectivity index (χ4v) is 3.56. The van der Waals surface area contributed by atoms with Crippen LogP contribution in [0, 0.1) is 0 Å². The zero-order valence-electron chi connectivity index (χ0n) is 16.4. The third kappa shape index (κ3) is 4.02. The van der Waals surface area contributed by atoms with Crippen molar-refractivity contribution in [2.24, 2.45) is 0 Å². The molecule has 152 valence electrons. The first kappa shape index (κ1) is 20.0. The van der Waals surface area contributed by atoms with Gasteiger partial charge in [-0.1, -0.05) is 35.9 Å². The van der Waals surface area contributed by atoms with Crippen LogP contribution in [0.15, 0.2) is 72.8 Å². The monoisotopic (exact) mass is 420 g/mol. The maximum atomic E-state index is 12.9. The van der Waals surface area contributed by atoms with E-state index in [9.17, 15) is 9.59 Å². The fourth-order valence-electron chi connectivity index (χ4n) is 3.44. The Kier molecular flexibility index (Phi) is 5.46. The van der Waals surface area contributed by atoms with Crippen molar-refractivity contribution in [3.63, 3.8) is 0 Å². The average Bonchev–Trinajstić information content (AvgIpc) is 3.57. The summed E-state index contributed by atoms with van der Waals surface area (Å²) in [6, 6.07) is 21.5. The zero-order valence-corrected chi connectivity index (χ0v) is 17.2. The Bertz CT molecular complexity index is 1070. The van der Waals surface area contributed by atoms with Crippen molar-refractivity contribution in [2.75, 3.05) is 17.7 Å². The number of amides is 2. The molecule has 0 bridgehead atoms. The number of hydrogen-bond donors (Lipinski definition) is 2. The van der Waals surface area contributed by atoms with Gasteiger partial charge in [0.05, 0.1) is 18.2 Å². The lowest BCUT2D eigenvalue weighted by Gasteiger charge is -2.16. The molecule has 0 saturated heterocycles. The van der Waals surface area contributed by atoms with Crippen LogP contribution in [0.2, 0.25) is 5.02 Å². The van der Waals surface area contributed by atoms with Crippen molar-refractivity contribution in [3.05, 3.63) is 88.9 Å². The highest BCUT2D eigenvalue weighted by atomic mass is 35.5. The highest BCUT2D eigenvalue weighted by Crippen LogP contribution is 2.49. The Morgan fingerprint density at radius 2 is 1.57 bits per heavy atom. The van der Waals surface area contributed by atoms with E-state index in [1.165, 1.54) is 0 Å². The number of halogens is 1. The lowest BCUT2D eigenvalue weighted by atomic mass is 9.95. The van der Waals surface area contributed by atoms with Crippen LogP contribution in [0.3, 0.4) is 0 Å². The summed E-state index contributed by atoms with van der Waals surface area (Å²) >= 11 is 5.96. The number of anilines is 2. The second-order valence-electron chi connectivity index (χ2n) is 7.27. The van der Waals surface area contributed by atoms with Crippen LogP contribution >= 0.6 is 11.6 Å². The molecule has 2 N–H and O–H groups in total. The number of carbonyl (C=O) groups is 2. The van der Waals surface area contributed by atoms with Crippen molar-refractivity contribution >= 4 is 34.8 Å². The maximum Gasteiger partial charge on any atom is 0.255 e. The molecule has 1 aliphatic carbocycles. The van der Waals surface area contributed by atoms with E-state index in [4.69, 9.17) is 16.3 Å². The predicted octanol–water partition coefficient (Wildman–Crippen LogP) is 5.27. The van der Waals surface area contributed by atoms with Gasteiger partial charge in [0.15, 0.2) is 0 Å². The Morgan fingerprint density at radius 3 is 2.20 bits per heavy atom. The van der Waals surface area contributed by atoms with E-state index in [1.807, 2.05) is 24.3 Å². The number of para-hydroxylation sites is 2. The largest absolute Gasteiger partial charge is 0.495 e. The summed E-state index contributed by atoms with van der Waals surface area (Å²) in [7, 11) is 1.55. The third-order valence-electron chi connectivity index (χ3n) is 5.34. The molecule has 5 nitrogen and oxygen atoms in total. The molecule has 1 saturated carbocycles. The minimum atomic E-state index is -0.496. The number of carbonyl (C=O) groups excluding carboxylic acids is 2. The first-order valence-corrected chi connectivity index (χ1v) is 10.0. The van der Waals surface area contributed by atoms with Gasteiger partial charge in [-0.25, -0.2) is 0 Å². The van der Waals surface area contributed by atoms with Gasteiger partial charge in [0.2, 0.25) is 5.91 Å². The Balaban J connectivity index is 1.43. The molecule has 0 spiro atoms. The average molecular weight is 421 g/mol. The molecule has 0 atom stereocenters. The van der Waals surface area contributed by atoms with Crippen LogP contribution in [-0.4, -0.2) is 18.9 Å². The highest BCUT2D eigenvalue weighted by Gasteiger charge is 2.51. The zero-order chi connectivity index (χ0) is 21.1. The normalized spacial score (nSPS) is 13.9. The van der Waals surface area contributed by atoms with E-state index in [2.05, 4.69) is 10.6 Å². The number of ether oxygens (including phenoxy) is 1. The molecule has 3 aromatic carbocycles. The molecule has 3 aromatic rings. The smallest absolute Gasteiger partial charge is 0.255 e. The van der Waals surface area contributed by atoms with Crippen LogP contribution in [-0.2, 0) is 10.2 Å². The van der Waals surface area contributed by atoms with E-state index in [1.54, 1.807) is 55.6 Å². The van der Waals surface area contributed by atoms with E-state index in [0.717, 1.165) is 18.4 Å². The second-order valence-corrected chi connectivity index (χ2v) is 7.71. The number of methoxy groups -OCH3 is 1. The number of rotatable bonds is 6. The first-order valence-electron chi connectivity index (χ1n) is 9.64. The van der Waals surface area contributed by atoms with E-state index in [0.29, 0.717) is 27.7 Å². The number of nitrogens with one attached hydrogen (secondary N) is 2. The lowest BCUT2D eigenvalue weighted by molar-refractivity contribution is -0.118. The van der Waals surface area contributed by atoms with Crippen molar-refractivity contribution in [1.82, 2.24) is 0 Å². The van der Waals surface area contributed by atoms with Crippen LogP contribution < -0.4 is 15.4 Å². The highest BCUT2D eigenvalue weighted by molar-refractivity contribution is 6.30.